The molecule has 4 rings (SSSR count). The number of fused-ring (bicyclic) bond motifs is 1. The molecule has 0 saturated heterocycles. The van der Waals surface area contributed by atoms with Gasteiger partial charge in [0.05, 0.1) is 24.7 Å². The molecule has 1 N–H and O–H groups in total. The number of hydrogen-bond acceptors (Lipinski definition) is 6. The van der Waals surface area contributed by atoms with E-state index in [0.717, 1.165) is 28.7 Å². The minimum absolute atomic E-state index is 0.109. The van der Waals surface area contributed by atoms with Crippen molar-refractivity contribution in [1.29, 1.82) is 0 Å². The molecule has 0 unspecified atom stereocenters. The SMILES string of the molecule is CCC(C)(C)n1nnnc1CN(Cc1ccccc1)Cc1cc2ccc(OC)cc2[nH]c1=O. The van der Waals surface area contributed by atoms with Gasteiger partial charge in [0, 0.05) is 24.7 Å². The van der Waals surface area contributed by atoms with Crippen molar-refractivity contribution >= 4 is 10.9 Å². The summed E-state index contributed by atoms with van der Waals surface area (Å²) in [7, 11) is 1.61. The highest BCUT2D eigenvalue weighted by Crippen LogP contribution is 2.22. The van der Waals surface area contributed by atoms with Gasteiger partial charge in [-0.2, -0.15) is 0 Å². The summed E-state index contributed by atoms with van der Waals surface area (Å²) in [4.78, 5) is 18.1. The Labute approximate surface area is 193 Å². The lowest BCUT2D eigenvalue weighted by Crippen LogP contribution is -2.32. The van der Waals surface area contributed by atoms with Gasteiger partial charge in [0.2, 0.25) is 0 Å². The average Bonchev–Trinajstić information content (AvgIpc) is 3.29. The summed E-state index contributed by atoms with van der Waals surface area (Å²) in [5, 5.41) is 13.5. The van der Waals surface area contributed by atoms with E-state index in [1.165, 1.54) is 0 Å². The van der Waals surface area contributed by atoms with Gasteiger partial charge in [-0.25, -0.2) is 4.68 Å². The van der Waals surface area contributed by atoms with Crippen LogP contribution in [0.15, 0.2) is 59.4 Å². The third kappa shape index (κ3) is 5.12. The fourth-order valence-corrected chi connectivity index (χ4v) is 3.84. The van der Waals surface area contributed by atoms with E-state index in [0.29, 0.717) is 30.9 Å². The summed E-state index contributed by atoms with van der Waals surface area (Å²) in [6, 6.07) is 17.9. The lowest BCUT2D eigenvalue weighted by molar-refractivity contribution is 0.217. The number of hydrogen-bond donors (Lipinski definition) is 1. The van der Waals surface area contributed by atoms with Crippen molar-refractivity contribution in [3.05, 3.63) is 81.9 Å². The molecule has 0 aliphatic rings. The Balaban J connectivity index is 1.67. The van der Waals surface area contributed by atoms with E-state index < -0.39 is 0 Å². The Morgan fingerprint density at radius 2 is 1.85 bits per heavy atom. The van der Waals surface area contributed by atoms with Crippen molar-refractivity contribution in [3.63, 3.8) is 0 Å². The standard InChI is InChI=1S/C25H30N6O2/c1-5-25(2,3)31-23(27-28-29-31)17-30(15-18-9-7-6-8-10-18)16-20-13-19-11-12-21(33-4)14-22(19)26-24(20)32/h6-14H,5,15-17H2,1-4H3,(H,26,32). The number of aromatic amines is 1. The Morgan fingerprint density at radius 3 is 2.58 bits per heavy atom. The van der Waals surface area contributed by atoms with Gasteiger partial charge in [0.1, 0.15) is 5.75 Å². The molecule has 2 aromatic heterocycles. The lowest BCUT2D eigenvalue weighted by atomic mass is 10.0. The maximum atomic E-state index is 12.9. The molecule has 0 amide bonds. The number of methoxy groups -OCH3 is 1. The zero-order valence-corrected chi connectivity index (χ0v) is 19.6. The van der Waals surface area contributed by atoms with Gasteiger partial charge in [-0.15, -0.1) is 5.10 Å². The van der Waals surface area contributed by atoms with E-state index in [4.69, 9.17) is 4.74 Å². The van der Waals surface area contributed by atoms with E-state index in [-0.39, 0.29) is 11.1 Å². The Bertz CT molecular complexity index is 1280. The van der Waals surface area contributed by atoms with Crippen LogP contribution in [0.3, 0.4) is 0 Å². The van der Waals surface area contributed by atoms with Crippen LogP contribution in [0, 0.1) is 0 Å². The predicted octanol–water partition coefficient (Wildman–Crippen LogP) is 3.87. The molecule has 172 valence electrons. The van der Waals surface area contributed by atoms with Gasteiger partial charge < -0.3 is 9.72 Å². The summed E-state index contributed by atoms with van der Waals surface area (Å²) in [6.45, 7) is 8.02. The van der Waals surface area contributed by atoms with Crippen molar-refractivity contribution in [3.8, 4) is 5.75 Å². The molecular weight excluding hydrogens is 416 g/mol. The highest BCUT2D eigenvalue weighted by atomic mass is 16.5. The molecular formula is C25H30N6O2. The van der Waals surface area contributed by atoms with Gasteiger partial charge >= 0.3 is 0 Å². The molecule has 2 aromatic carbocycles. The summed E-state index contributed by atoms with van der Waals surface area (Å²) in [5.41, 5.74) is 2.30. The van der Waals surface area contributed by atoms with Gasteiger partial charge in [0.25, 0.3) is 5.56 Å². The van der Waals surface area contributed by atoms with E-state index in [9.17, 15) is 4.79 Å². The summed E-state index contributed by atoms with van der Waals surface area (Å²) in [5.74, 6) is 1.49. The second-order valence-electron chi connectivity index (χ2n) is 8.88. The first kappa shape index (κ1) is 22.7. The number of rotatable bonds is 9. The molecule has 33 heavy (non-hydrogen) atoms. The third-order valence-corrected chi connectivity index (χ3v) is 6.11. The molecule has 0 bridgehead atoms. The number of tetrazole rings is 1. The average molecular weight is 447 g/mol. The number of pyridine rings is 1. The van der Waals surface area contributed by atoms with Crippen LogP contribution >= 0.6 is 0 Å². The monoisotopic (exact) mass is 446 g/mol. The normalized spacial score (nSPS) is 11.9. The van der Waals surface area contributed by atoms with Crippen LogP contribution in [0.5, 0.6) is 5.75 Å². The van der Waals surface area contributed by atoms with Gasteiger partial charge in [-0.3, -0.25) is 9.69 Å². The van der Waals surface area contributed by atoms with Crippen LogP contribution in [0.1, 0.15) is 44.1 Å². The molecule has 0 fully saturated rings. The molecule has 0 saturated carbocycles. The highest BCUT2D eigenvalue weighted by molar-refractivity contribution is 5.80. The topological polar surface area (TPSA) is 88.9 Å². The zero-order chi connectivity index (χ0) is 23.4. The zero-order valence-electron chi connectivity index (χ0n) is 19.6. The first-order valence-corrected chi connectivity index (χ1v) is 11.1. The molecule has 8 nitrogen and oxygen atoms in total. The van der Waals surface area contributed by atoms with Crippen molar-refractivity contribution in [1.82, 2.24) is 30.1 Å². The largest absolute Gasteiger partial charge is 0.497 e. The van der Waals surface area contributed by atoms with Crippen LogP contribution in [0.2, 0.25) is 0 Å². The van der Waals surface area contributed by atoms with E-state index in [1.807, 2.05) is 47.1 Å². The van der Waals surface area contributed by atoms with E-state index in [1.54, 1.807) is 7.11 Å². The second-order valence-corrected chi connectivity index (χ2v) is 8.88. The molecule has 0 aliphatic carbocycles. The minimum Gasteiger partial charge on any atom is -0.497 e. The molecule has 4 aromatic rings. The van der Waals surface area contributed by atoms with E-state index in [2.05, 4.69) is 58.3 Å². The number of H-pyrrole nitrogens is 1. The fourth-order valence-electron chi connectivity index (χ4n) is 3.84. The van der Waals surface area contributed by atoms with Crippen molar-refractivity contribution in [2.24, 2.45) is 0 Å². The first-order chi connectivity index (χ1) is 15.9. The maximum absolute atomic E-state index is 12.9. The molecule has 2 heterocycles. The first-order valence-electron chi connectivity index (χ1n) is 11.1. The second kappa shape index (κ2) is 9.54. The number of nitrogens with one attached hydrogen (secondary N) is 1. The summed E-state index contributed by atoms with van der Waals surface area (Å²) in [6.07, 6.45) is 0.900. The smallest absolute Gasteiger partial charge is 0.252 e. The van der Waals surface area contributed by atoms with Crippen LogP contribution < -0.4 is 10.3 Å². The molecule has 0 aliphatic heterocycles. The minimum atomic E-state index is -0.198. The third-order valence-electron chi connectivity index (χ3n) is 6.11. The Hall–Kier alpha value is -3.52. The van der Waals surface area contributed by atoms with Crippen molar-refractivity contribution < 1.29 is 4.74 Å². The number of nitrogens with zero attached hydrogens (tertiary/aromatic N) is 5. The Kier molecular flexibility index (Phi) is 6.55. The molecule has 0 spiro atoms. The number of aromatic nitrogens is 5. The molecule has 8 heteroatoms. The lowest BCUT2D eigenvalue weighted by Gasteiger charge is -2.27. The number of ether oxygens (including phenoxy) is 1. The van der Waals surface area contributed by atoms with Crippen LogP contribution in [0.4, 0.5) is 0 Å². The van der Waals surface area contributed by atoms with Gasteiger partial charge in [-0.1, -0.05) is 37.3 Å². The Morgan fingerprint density at radius 1 is 1.06 bits per heavy atom. The van der Waals surface area contributed by atoms with Gasteiger partial charge in [-0.05, 0) is 59.8 Å². The number of benzene rings is 2. The summed E-state index contributed by atoms with van der Waals surface area (Å²) >= 11 is 0. The predicted molar refractivity (Wildman–Crippen MR) is 128 cm³/mol. The molecule has 0 radical (unpaired) electrons. The highest BCUT2D eigenvalue weighted by Gasteiger charge is 2.24. The van der Waals surface area contributed by atoms with Crippen LogP contribution in [-0.2, 0) is 25.2 Å². The van der Waals surface area contributed by atoms with Crippen molar-refractivity contribution in [2.75, 3.05) is 7.11 Å². The molecule has 0 atom stereocenters. The quantitative estimate of drug-likeness (QED) is 0.420. The van der Waals surface area contributed by atoms with Crippen LogP contribution in [-0.4, -0.2) is 37.2 Å². The van der Waals surface area contributed by atoms with Gasteiger partial charge in [0.15, 0.2) is 5.82 Å². The van der Waals surface area contributed by atoms with Crippen LogP contribution in [0.25, 0.3) is 10.9 Å². The summed E-state index contributed by atoms with van der Waals surface area (Å²) < 4.78 is 7.17. The fraction of sp³-hybridized carbons (Fsp3) is 0.360. The van der Waals surface area contributed by atoms with E-state index >= 15 is 0 Å². The maximum Gasteiger partial charge on any atom is 0.252 e. The van der Waals surface area contributed by atoms with Crippen molar-refractivity contribution in [2.45, 2.75) is 52.4 Å².